The van der Waals surface area contributed by atoms with Crippen LogP contribution in [-0.4, -0.2) is 56.1 Å². The number of benzene rings is 1. The van der Waals surface area contributed by atoms with Gasteiger partial charge in [-0.2, -0.15) is 0 Å². The summed E-state index contributed by atoms with van der Waals surface area (Å²) in [7, 11) is 2.24. The molecular formula is C17H29N3. The van der Waals surface area contributed by atoms with Gasteiger partial charge in [-0.15, -0.1) is 0 Å². The first kappa shape index (κ1) is 15.5. The van der Waals surface area contributed by atoms with Crippen molar-refractivity contribution in [3.63, 3.8) is 0 Å². The van der Waals surface area contributed by atoms with Gasteiger partial charge >= 0.3 is 0 Å². The fraction of sp³-hybridized carbons (Fsp3) is 0.647. The second kappa shape index (κ2) is 7.21. The molecule has 1 saturated heterocycles. The van der Waals surface area contributed by atoms with Crippen molar-refractivity contribution in [2.24, 2.45) is 0 Å². The maximum absolute atomic E-state index is 3.41. The molecule has 1 aliphatic rings. The van der Waals surface area contributed by atoms with Crippen molar-refractivity contribution in [2.45, 2.75) is 26.8 Å². The number of nitrogens with one attached hydrogen (secondary N) is 1. The van der Waals surface area contributed by atoms with E-state index in [1.165, 1.54) is 36.3 Å². The first-order chi connectivity index (χ1) is 9.58. The third-order valence-electron chi connectivity index (χ3n) is 4.65. The molecule has 0 saturated carbocycles. The lowest BCUT2D eigenvalue weighted by atomic mass is 10.0. The molecule has 0 aromatic heterocycles. The van der Waals surface area contributed by atoms with Crippen molar-refractivity contribution < 1.29 is 0 Å². The monoisotopic (exact) mass is 275 g/mol. The Bertz CT molecular complexity index is 424. The number of piperazine rings is 1. The number of nitrogens with zero attached hydrogens (tertiary/aromatic N) is 2. The Morgan fingerprint density at radius 2 is 1.90 bits per heavy atom. The SMILES string of the molecule is Cc1ccc(C(C)N(C)CCN2CCNCC2)cc1C. The van der Waals surface area contributed by atoms with Crippen molar-refractivity contribution in [1.29, 1.82) is 0 Å². The summed E-state index contributed by atoms with van der Waals surface area (Å²) >= 11 is 0. The van der Waals surface area contributed by atoms with E-state index in [4.69, 9.17) is 0 Å². The zero-order valence-corrected chi connectivity index (χ0v) is 13.4. The van der Waals surface area contributed by atoms with Crippen LogP contribution in [0, 0.1) is 13.8 Å². The fourth-order valence-corrected chi connectivity index (χ4v) is 2.71. The van der Waals surface area contributed by atoms with Crippen LogP contribution in [0.25, 0.3) is 0 Å². The highest BCUT2D eigenvalue weighted by molar-refractivity contribution is 5.31. The van der Waals surface area contributed by atoms with Crippen LogP contribution in [-0.2, 0) is 0 Å². The van der Waals surface area contributed by atoms with E-state index in [9.17, 15) is 0 Å². The van der Waals surface area contributed by atoms with E-state index in [1.54, 1.807) is 0 Å². The molecule has 0 radical (unpaired) electrons. The van der Waals surface area contributed by atoms with Gasteiger partial charge in [0.25, 0.3) is 0 Å². The Kier molecular flexibility index (Phi) is 5.58. The minimum atomic E-state index is 0.484. The maximum atomic E-state index is 3.41. The molecule has 0 amide bonds. The minimum absolute atomic E-state index is 0.484. The van der Waals surface area contributed by atoms with Crippen molar-refractivity contribution >= 4 is 0 Å². The highest BCUT2D eigenvalue weighted by Gasteiger charge is 2.14. The van der Waals surface area contributed by atoms with Gasteiger partial charge < -0.3 is 5.32 Å². The summed E-state index contributed by atoms with van der Waals surface area (Å²) in [4.78, 5) is 5.02. The van der Waals surface area contributed by atoms with Crippen LogP contribution in [0.5, 0.6) is 0 Å². The topological polar surface area (TPSA) is 18.5 Å². The van der Waals surface area contributed by atoms with Gasteiger partial charge in [0.2, 0.25) is 0 Å². The smallest absolute Gasteiger partial charge is 0.0317 e. The lowest BCUT2D eigenvalue weighted by Crippen LogP contribution is -2.46. The molecule has 0 spiro atoms. The predicted molar refractivity (Wildman–Crippen MR) is 86.3 cm³/mol. The Hall–Kier alpha value is -0.900. The second-order valence-corrected chi connectivity index (χ2v) is 6.09. The summed E-state index contributed by atoms with van der Waals surface area (Å²) in [6.45, 7) is 13.6. The van der Waals surface area contributed by atoms with E-state index >= 15 is 0 Å². The molecule has 2 rings (SSSR count). The van der Waals surface area contributed by atoms with E-state index in [1.807, 2.05) is 0 Å². The highest BCUT2D eigenvalue weighted by Crippen LogP contribution is 2.21. The second-order valence-electron chi connectivity index (χ2n) is 6.09. The first-order valence-corrected chi connectivity index (χ1v) is 7.78. The third kappa shape index (κ3) is 4.05. The molecule has 1 aromatic rings. The molecule has 1 aliphatic heterocycles. The molecule has 1 atom stereocenters. The van der Waals surface area contributed by atoms with Gasteiger partial charge in [-0.3, -0.25) is 9.80 Å². The number of rotatable bonds is 5. The average molecular weight is 275 g/mol. The molecular weight excluding hydrogens is 246 g/mol. The number of aryl methyl sites for hydroxylation is 2. The van der Waals surface area contributed by atoms with E-state index in [2.05, 4.69) is 61.1 Å². The van der Waals surface area contributed by atoms with Gasteiger partial charge in [-0.1, -0.05) is 18.2 Å². The Balaban J connectivity index is 1.87. The maximum Gasteiger partial charge on any atom is 0.0317 e. The van der Waals surface area contributed by atoms with E-state index in [0.29, 0.717) is 6.04 Å². The predicted octanol–water partition coefficient (Wildman–Crippen LogP) is 2.20. The lowest BCUT2D eigenvalue weighted by molar-refractivity contribution is 0.183. The zero-order chi connectivity index (χ0) is 14.5. The molecule has 3 nitrogen and oxygen atoms in total. The van der Waals surface area contributed by atoms with Gasteiger partial charge in [0.1, 0.15) is 0 Å². The van der Waals surface area contributed by atoms with Gasteiger partial charge in [0, 0.05) is 45.3 Å². The van der Waals surface area contributed by atoms with Crippen molar-refractivity contribution in [3.05, 3.63) is 34.9 Å². The van der Waals surface area contributed by atoms with Crippen LogP contribution >= 0.6 is 0 Å². The van der Waals surface area contributed by atoms with Gasteiger partial charge in [-0.25, -0.2) is 0 Å². The summed E-state index contributed by atoms with van der Waals surface area (Å²) in [5, 5.41) is 3.41. The van der Waals surface area contributed by atoms with Gasteiger partial charge in [-0.05, 0) is 44.5 Å². The Morgan fingerprint density at radius 3 is 2.55 bits per heavy atom. The summed E-state index contributed by atoms with van der Waals surface area (Å²) in [5.74, 6) is 0. The molecule has 1 fully saturated rings. The first-order valence-electron chi connectivity index (χ1n) is 7.78. The minimum Gasteiger partial charge on any atom is -0.314 e. The summed E-state index contributed by atoms with van der Waals surface area (Å²) in [6, 6.07) is 7.33. The Labute approximate surface area is 124 Å². The van der Waals surface area contributed by atoms with Crippen molar-refractivity contribution in [1.82, 2.24) is 15.1 Å². The van der Waals surface area contributed by atoms with Crippen LogP contribution in [0.4, 0.5) is 0 Å². The summed E-state index contributed by atoms with van der Waals surface area (Å²) in [6.07, 6.45) is 0. The number of likely N-dealkylation sites (N-methyl/N-ethyl adjacent to an activating group) is 1. The van der Waals surface area contributed by atoms with Gasteiger partial charge in [0.15, 0.2) is 0 Å². The van der Waals surface area contributed by atoms with E-state index < -0.39 is 0 Å². The fourth-order valence-electron chi connectivity index (χ4n) is 2.71. The molecule has 112 valence electrons. The molecule has 1 aromatic carbocycles. The normalized spacial score (nSPS) is 18.4. The summed E-state index contributed by atoms with van der Waals surface area (Å²) in [5.41, 5.74) is 4.20. The molecule has 20 heavy (non-hydrogen) atoms. The quantitative estimate of drug-likeness (QED) is 0.889. The highest BCUT2D eigenvalue weighted by atomic mass is 15.2. The van der Waals surface area contributed by atoms with Crippen LogP contribution in [0.2, 0.25) is 0 Å². The Morgan fingerprint density at radius 1 is 1.20 bits per heavy atom. The molecule has 0 aliphatic carbocycles. The van der Waals surface area contributed by atoms with Crippen LogP contribution in [0.15, 0.2) is 18.2 Å². The van der Waals surface area contributed by atoms with Crippen molar-refractivity contribution in [3.8, 4) is 0 Å². The number of hydrogen-bond donors (Lipinski definition) is 1. The number of hydrogen-bond acceptors (Lipinski definition) is 3. The van der Waals surface area contributed by atoms with Crippen LogP contribution < -0.4 is 5.32 Å². The van der Waals surface area contributed by atoms with Gasteiger partial charge in [0.05, 0.1) is 0 Å². The van der Waals surface area contributed by atoms with E-state index in [-0.39, 0.29) is 0 Å². The molecule has 3 heteroatoms. The average Bonchev–Trinajstić information content (AvgIpc) is 2.48. The standard InChI is InChI=1S/C17H29N3/c1-14-5-6-17(13-15(14)2)16(3)19(4)11-12-20-9-7-18-8-10-20/h5-6,13,16,18H,7-12H2,1-4H3. The molecule has 1 unspecified atom stereocenters. The molecule has 1 N–H and O–H groups in total. The largest absolute Gasteiger partial charge is 0.314 e. The molecule has 0 bridgehead atoms. The summed E-state index contributed by atoms with van der Waals surface area (Å²) < 4.78 is 0. The third-order valence-corrected chi connectivity index (χ3v) is 4.65. The molecule has 1 heterocycles. The van der Waals surface area contributed by atoms with Crippen molar-refractivity contribution in [2.75, 3.05) is 46.3 Å². The van der Waals surface area contributed by atoms with Crippen LogP contribution in [0.1, 0.15) is 29.7 Å². The zero-order valence-electron chi connectivity index (χ0n) is 13.4. The van der Waals surface area contributed by atoms with E-state index in [0.717, 1.165) is 19.6 Å². The van der Waals surface area contributed by atoms with Crippen LogP contribution in [0.3, 0.4) is 0 Å². The lowest BCUT2D eigenvalue weighted by Gasteiger charge is -2.31.